The van der Waals surface area contributed by atoms with E-state index in [0.29, 0.717) is 24.3 Å². The van der Waals surface area contributed by atoms with E-state index in [1.807, 2.05) is 0 Å². The molecule has 528 valence electrons. The molecule has 9 rings (SSSR count). The van der Waals surface area contributed by atoms with Gasteiger partial charge in [0.2, 0.25) is 0 Å². The number of alkyl halides is 28. The zero-order valence-corrected chi connectivity index (χ0v) is 47.9. The lowest BCUT2D eigenvalue weighted by Crippen LogP contribution is -2.57. The maximum atomic E-state index is 15.1. The summed E-state index contributed by atoms with van der Waals surface area (Å²) in [7, 11) is 0. The van der Waals surface area contributed by atoms with E-state index in [-0.39, 0.29) is 0 Å². The van der Waals surface area contributed by atoms with Gasteiger partial charge in [-0.15, -0.1) is 0 Å². The highest BCUT2D eigenvalue weighted by atomic mass is 19.5. The monoisotopic (exact) mass is 1460 g/mol. The first-order chi connectivity index (χ1) is 45.9. The Labute approximate surface area is 536 Å². The smallest absolute Gasteiger partial charge is 0.320 e. The van der Waals surface area contributed by atoms with Crippen LogP contribution < -0.4 is 21.3 Å². The molecule has 5 aliphatic heterocycles. The van der Waals surface area contributed by atoms with E-state index in [9.17, 15) is 107 Å². The van der Waals surface area contributed by atoms with Gasteiger partial charge < -0.3 is 21.3 Å². The van der Waals surface area contributed by atoms with Crippen LogP contribution in [0.5, 0.6) is 0 Å². The molecule has 0 saturated heterocycles. The Kier molecular flexibility index (Phi) is 18.2. The van der Waals surface area contributed by atoms with E-state index in [1.165, 1.54) is 21.3 Å². The number of hydrogen-bond acceptors (Lipinski definition) is 8. The molecule has 4 N–H and O–H groups in total. The molecule has 0 atom stereocenters. The third kappa shape index (κ3) is 12.4. The highest BCUT2D eigenvalue weighted by molar-refractivity contribution is 6.41. The molecule has 0 radical (unpaired) electrons. The highest BCUT2D eigenvalue weighted by Gasteiger charge is 2.79. The number of amides is 4. The molecule has 4 aromatic carbocycles. The largest absolute Gasteiger partial charge is 0.460 e. The first-order valence-electron chi connectivity index (χ1n) is 26.8. The number of benzene rings is 4. The molecule has 0 saturated carbocycles. The molecule has 40 heteroatoms. The van der Waals surface area contributed by atoms with Crippen molar-refractivity contribution in [3.8, 4) is 0 Å². The fraction of sp³-hybridized carbons (Fsp3) is 0.200. The molecule has 0 unspecified atom stereocenters. The number of aliphatic imine (C=N–C) groups is 4. The van der Waals surface area contributed by atoms with Gasteiger partial charge in [0.05, 0.1) is 45.6 Å². The SMILES string of the molecule is O=C(Nc1ccccc1C1=C2C=CC(=N2)C(c2ccccc2NC(=O)C(F)(F)C(F)(F)C(F)(F)F)=C2C=CC(=N2)C(c2ccccc2NC(=O)C(F)(F)C(F)(F)C(F)(F)F)=C2C=CC(=N2)C(c2ccccc2NC(=O)C(F)(F)C(F)(F)C(F)(F)F)=C2C=CC1=N2)C(F)(F)C(F)(F)C(F)(F)F. The Hall–Kier alpha value is -10.6. The van der Waals surface area contributed by atoms with E-state index >= 15 is 35.1 Å². The number of carbonyl (C=O) groups excluding carboxylic acids is 4. The van der Waals surface area contributed by atoms with Gasteiger partial charge in [-0.2, -0.15) is 123 Å². The summed E-state index contributed by atoms with van der Waals surface area (Å²) in [4.78, 5) is 69.9. The minimum atomic E-state index is -7.13. The van der Waals surface area contributed by atoms with E-state index in [0.717, 1.165) is 121 Å². The van der Waals surface area contributed by atoms with Crippen LogP contribution in [0.1, 0.15) is 22.3 Å². The van der Waals surface area contributed by atoms with Crippen molar-refractivity contribution in [2.75, 3.05) is 21.3 Å². The number of carbonyl (C=O) groups is 4. The van der Waals surface area contributed by atoms with Crippen molar-refractivity contribution in [2.45, 2.75) is 72.1 Å². The van der Waals surface area contributed by atoms with Gasteiger partial charge in [-0.05, 0) is 72.9 Å². The van der Waals surface area contributed by atoms with Crippen molar-refractivity contribution in [3.05, 3.63) is 191 Å². The number of halogens is 28. The Bertz CT molecular complexity index is 3960. The average molecular weight is 1460 g/mol. The van der Waals surface area contributed by atoms with Crippen LogP contribution in [0.25, 0.3) is 22.3 Å². The third-order valence-corrected chi connectivity index (χ3v) is 14.5. The standard InChI is InChI=1S/C60H28F28N8O4/c61-49(62,53(69,70)57(77,78)79)45(97)93-29-13-5-1-9-25(29)41-33-17-19-35(89-33)42(26-10-2-6-14-30(26)94-46(98)50(63,64)54(71,72)58(80,81)82)37-21-23-39(91-37)44(28-12-4-8-16-32(28)96-48(100)52(67,68)56(75,76)60(86,87)88)40-24-22-38(92-40)43(36-20-18-34(41)90-36)27-11-3-7-15-31(27)95-47(99)51(65,66)55(73,74)59(83,84)85/h1-24H,(H,93,97)(H,94,98)(H,95,99)(H,96,100). The maximum Gasteiger partial charge on any atom is 0.460 e. The van der Waals surface area contributed by atoms with Crippen LogP contribution in [0.15, 0.2) is 188 Å². The molecule has 0 fully saturated rings. The number of rotatable bonds is 16. The van der Waals surface area contributed by atoms with Gasteiger partial charge in [-0.1, -0.05) is 72.8 Å². The first kappa shape index (κ1) is 73.6. The van der Waals surface area contributed by atoms with Crippen molar-refractivity contribution in [2.24, 2.45) is 20.0 Å². The van der Waals surface area contributed by atoms with Crippen LogP contribution in [0.2, 0.25) is 0 Å². The second kappa shape index (κ2) is 24.7. The fourth-order valence-corrected chi connectivity index (χ4v) is 9.52. The second-order valence-electron chi connectivity index (χ2n) is 20.9. The van der Waals surface area contributed by atoms with E-state index in [2.05, 4.69) is 20.0 Å². The van der Waals surface area contributed by atoms with Gasteiger partial charge in [0, 0.05) is 67.3 Å². The highest BCUT2D eigenvalue weighted by Crippen LogP contribution is 2.53. The van der Waals surface area contributed by atoms with Crippen LogP contribution in [0.4, 0.5) is 146 Å². The summed E-state index contributed by atoms with van der Waals surface area (Å²) in [6.45, 7) is 0. The van der Waals surface area contributed by atoms with E-state index in [1.54, 1.807) is 0 Å². The van der Waals surface area contributed by atoms with Gasteiger partial charge in [0.1, 0.15) is 0 Å². The summed E-state index contributed by atoms with van der Waals surface area (Å²) >= 11 is 0. The van der Waals surface area contributed by atoms with E-state index < -0.39 is 209 Å². The zero-order valence-electron chi connectivity index (χ0n) is 47.9. The average Bonchev–Trinajstić information content (AvgIpc) is 1.72. The lowest BCUT2D eigenvalue weighted by molar-refractivity contribution is -0.343. The van der Waals surface area contributed by atoms with Crippen molar-refractivity contribution in [1.82, 2.24) is 0 Å². The predicted molar refractivity (Wildman–Crippen MR) is 298 cm³/mol. The molecule has 8 bridgehead atoms. The van der Waals surface area contributed by atoms with Crippen molar-refractivity contribution in [1.29, 1.82) is 0 Å². The van der Waals surface area contributed by atoms with Crippen LogP contribution in [-0.4, -0.2) is 119 Å². The number of nitrogens with zero attached hydrogens (tertiary/aromatic N) is 4. The lowest BCUT2D eigenvalue weighted by Gasteiger charge is -2.27. The number of anilines is 4. The van der Waals surface area contributed by atoms with Gasteiger partial charge in [-0.3, -0.25) is 19.2 Å². The number of para-hydroxylation sites is 4. The minimum Gasteiger partial charge on any atom is -0.320 e. The fourth-order valence-electron chi connectivity index (χ4n) is 9.52. The normalized spacial score (nSPS) is 16.7. The predicted octanol–water partition coefficient (Wildman–Crippen LogP) is 16.8. The van der Waals surface area contributed by atoms with Gasteiger partial charge in [-0.25, -0.2) is 20.0 Å². The van der Waals surface area contributed by atoms with Crippen LogP contribution in [0, 0.1) is 0 Å². The number of hydrogen-bond donors (Lipinski definition) is 4. The van der Waals surface area contributed by atoms with Gasteiger partial charge in [0.25, 0.3) is 0 Å². The molecule has 4 aromatic rings. The molecule has 0 aromatic heterocycles. The summed E-state index contributed by atoms with van der Waals surface area (Å²) in [5.74, 6) is -68.8. The third-order valence-electron chi connectivity index (χ3n) is 14.5. The number of fused-ring (bicyclic) bond motifs is 4. The van der Waals surface area contributed by atoms with Crippen molar-refractivity contribution >= 4 is 91.5 Å². The minimum absolute atomic E-state index is 0.587. The van der Waals surface area contributed by atoms with Crippen LogP contribution >= 0.6 is 0 Å². The van der Waals surface area contributed by atoms with Crippen molar-refractivity contribution in [3.63, 3.8) is 0 Å². The van der Waals surface area contributed by atoms with Crippen molar-refractivity contribution < 1.29 is 142 Å². The Morgan fingerprint density at radius 3 is 0.560 bits per heavy atom. The summed E-state index contributed by atoms with van der Waals surface area (Å²) in [6, 6.07) is 12.7. The first-order valence-corrected chi connectivity index (χ1v) is 26.8. The lowest BCUT2D eigenvalue weighted by atomic mass is 9.96. The summed E-state index contributed by atoms with van der Waals surface area (Å²) in [5, 5.41) is 4.87. The van der Waals surface area contributed by atoms with Crippen LogP contribution in [0.3, 0.4) is 0 Å². The van der Waals surface area contributed by atoms with Gasteiger partial charge in [0.15, 0.2) is 0 Å². The molecule has 100 heavy (non-hydrogen) atoms. The molecule has 12 nitrogen and oxygen atoms in total. The quantitative estimate of drug-likeness (QED) is 0.0821. The molecular weight excluding hydrogens is 1430 g/mol. The summed E-state index contributed by atoms with van der Waals surface area (Å²) in [6.07, 6.45) is -21.9. The van der Waals surface area contributed by atoms with E-state index in [4.69, 9.17) is 0 Å². The number of nitrogens with one attached hydrogen (secondary N) is 4. The zero-order chi connectivity index (χ0) is 74.5. The molecule has 0 spiro atoms. The molecule has 5 aliphatic rings. The maximum absolute atomic E-state index is 15.1. The molecule has 0 aliphatic carbocycles. The van der Waals surface area contributed by atoms with Gasteiger partial charge >= 0.3 is 95.7 Å². The topological polar surface area (TPSA) is 166 Å². The molecule has 4 amide bonds. The number of allylic oxidation sites excluding steroid dienone is 12. The summed E-state index contributed by atoms with van der Waals surface area (Å²) in [5.41, 5.74) is -16.8. The molecular formula is C60H28F28N8O4. The Morgan fingerprint density at radius 2 is 0.400 bits per heavy atom. The molecule has 5 heterocycles. The van der Waals surface area contributed by atoms with Crippen LogP contribution in [-0.2, 0) is 19.2 Å². The Morgan fingerprint density at radius 1 is 0.240 bits per heavy atom. The second-order valence-corrected chi connectivity index (χ2v) is 20.9. The summed E-state index contributed by atoms with van der Waals surface area (Å²) < 4.78 is 397. The Balaban J connectivity index is 1.39.